The summed E-state index contributed by atoms with van der Waals surface area (Å²) in [6, 6.07) is 6.78. The molecule has 0 radical (unpaired) electrons. The zero-order chi connectivity index (χ0) is 13.8. The molecule has 2 aromatic rings. The summed E-state index contributed by atoms with van der Waals surface area (Å²) in [7, 11) is 1.89. The molecule has 0 fully saturated rings. The maximum atomic E-state index is 4.22. The zero-order valence-corrected chi connectivity index (χ0v) is 13.6. The highest BCUT2D eigenvalue weighted by Gasteiger charge is 2.10. The van der Waals surface area contributed by atoms with Gasteiger partial charge in [0, 0.05) is 22.5 Å². The van der Waals surface area contributed by atoms with E-state index in [1.807, 2.05) is 7.05 Å². The van der Waals surface area contributed by atoms with Crippen molar-refractivity contribution in [2.45, 2.75) is 29.9 Å². The first-order valence-corrected chi connectivity index (χ1v) is 7.77. The van der Waals surface area contributed by atoms with Crippen molar-refractivity contribution in [3.8, 4) is 0 Å². The summed E-state index contributed by atoms with van der Waals surface area (Å²) in [6.07, 6.45) is 1.57. The maximum Gasteiger partial charge on any atom is 0.190 e. The fourth-order valence-corrected chi connectivity index (χ4v) is 3.18. The number of rotatable bonds is 5. The molecule has 0 bridgehead atoms. The molecule has 1 atom stereocenters. The van der Waals surface area contributed by atoms with Crippen molar-refractivity contribution in [2.75, 3.05) is 6.54 Å². The first-order valence-electron chi connectivity index (χ1n) is 6.16. The molecule has 1 N–H and O–H groups in total. The van der Waals surface area contributed by atoms with Crippen molar-refractivity contribution in [3.63, 3.8) is 0 Å². The van der Waals surface area contributed by atoms with E-state index in [1.165, 1.54) is 5.56 Å². The van der Waals surface area contributed by atoms with E-state index in [-0.39, 0.29) is 0 Å². The molecular weight excluding hydrogens is 324 g/mol. The van der Waals surface area contributed by atoms with E-state index in [0.717, 1.165) is 21.1 Å². The largest absolute Gasteiger partial charge is 0.310 e. The van der Waals surface area contributed by atoms with E-state index in [0.29, 0.717) is 6.04 Å². The smallest absolute Gasteiger partial charge is 0.190 e. The molecule has 6 heteroatoms. The molecule has 0 amide bonds. The van der Waals surface area contributed by atoms with Crippen LogP contribution in [0.15, 0.2) is 39.1 Å². The van der Waals surface area contributed by atoms with Crippen LogP contribution in [0.1, 0.15) is 25.5 Å². The molecule has 0 aliphatic heterocycles. The molecule has 1 unspecified atom stereocenters. The summed E-state index contributed by atoms with van der Waals surface area (Å²) in [5, 5.41) is 8.36. The van der Waals surface area contributed by atoms with Crippen LogP contribution in [0.3, 0.4) is 0 Å². The van der Waals surface area contributed by atoms with Gasteiger partial charge in [-0.2, -0.15) is 5.10 Å². The van der Waals surface area contributed by atoms with Gasteiger partial charge in [0.25, 0.3) is 0 Å². The standard InChI is InChI=1S/C13H17BrN4S/c1-4-15-9(2)10-5-6-12(11(14)7-10)19-13-16-8-17-18(13)3/h5-9,15H,4H2,1-3H3. The number of hydrogen-bond donors (Lipinski definition) is 1. The first kappa shape index (κ1) is 14.6. The van der Waals surface area contributed by atoms with Gasteiger partial charge in [-0.05, 0) is 58.9 Å². The topological polar surface area (TPSA) is 42.7 Å². The third-order valence-electron chi connectivity index (χ3n) is 2.84. The molecule has 1 heterocycles. The predicted molar refractivity (Wildman–Crippen MR) is 81.4 cm³/mol. The van der Waals surface area contributed by atoms with Crippen molar-refractivity contribution >= 4 is 27.7 Å². The zero-order valence-electron chi connectivity index (χ0n) is 11.2. The van der Waals surface area contributed by atoms with Crippen molar-refractivity contribution < 1.29 is 0 Å². The monoisotopic (exact) mass is 340 g/mol. The molecule has 0 saturated carbocycles. The average molecular weight is 341 g/mol. The normalized spacial score (nSPS) is 12.6. The predicted octanol–water partition coefficient (Wildman–Crippen LogP) is 3.40. The van der Waals surface area contributed by atoms with Gasteiger partial charge in [0.05, 0.1) is 0 Å². The Bertz CT molecular complexity index is 555. The van der Waals surface area contributed by atoms with Crippen LogP contribution in [0, 0.1) is 0 Å². The Morgan fingerprint density at radius 3 is 2.84 bits per heavy atom. The van der Waals surface area contributed by atoms with Crippen LogP contribution in [0.4, 0.5) is 0 Å². The summed E-state index contributed by atoms with van der Waals surface area (Å²) < 4.78 is 2.86. The molecule has 1 aromatic carbocycles. The summed E-state index contributed by atoms with van der Waals surface area (Å²) in [5.41, 5.74) is 1.27. The second-order valence-electron chi connectivity index (χ2n) is 4.24. The fraction of sp³-hybridized carbons (Fsp3) is 0.385. The van der Waals surface area contributed by atoms with E-state index in [4.69, 9.17) is 0 Å². The summed E-state index contributed by atoms with van der Waals surface area (Å²) in [4.78, 5) is 5.36. The minimum absolute atomic E-state index is 0.357. The van der Waals surface area contributed by atoms with Crippen LogP contribution < -0.4 is 5.32 Å². The van der Waals surface area contributed by atoms with Gasteiger partial charge in [-0.1, -0.05) is 13.0 Å². The third-order valence-corrected chi connectivity index (χ3v) is 4.88. The van der Waals surface area contributed by atoms with Crippen LogP contribution in [0.5, 0.6) is 0 Å². The minimum Gasteiger partial charge on any atom is -0.310 e. The Kier molecular flexibility index (Phi) is 5.01. The van der Waals surface area contributed by atoms with Gasteiger partial charge in [0.15, 0.2) is 5.16 Å². The average Bonchev–Trinajstić information content (AvgIpc) is 2.78. The number of nitrogens with one attached hydrogen (secondary N) is 1. The molecule has 0 aliphatic rings. The van der Waals surface area contributed by atoms with Crippen LogP contribution in [0.2, 0.25) is 0 Å². The van der Waals surface area contributed by atoms with Crippen LogP contribution in [-0.2, 0) is 7.05 Å². The lowest BCUT2D eigenvalue weighted by atomic mass is 10.1. The molecule has 102 valence electrons. The van der Waals surface area contributed by atoms with E-state index in [2.05, 4.69) is 63.4 Å². The van der Waals surface area contributed by atoms with Gasteiger partial charge in [-0.15, -0.1) is 0 Å². The van der Waals surface area contributed by atoms with Gasteiger partial charge < -0.3 is 5.32 Å². The number of hydrogen-bond acceptors (Lipinski definition) is 4. The van der Waals surface area contributed by atoms with Crippen LogP contribution >= 0.6 is 27.7 Å². The van der Waals surface area contributed by atoms with Crippen LogP contribution in [-0.4, -0.2) is 21.3 Å². The van der Waals surface area contributed by atoms with E-state index in [9.17, 15) is 0 Å². The summed E-state index contributed by atoms with van der Waals surface area (Å²) in [5.74, 6) is 0. The Balaban J connectivity index is 2.18. The Labute approximate surface area is 126 Å². The molecule has 0 saturated heterocycles. The van der Waals surface area contributed by atoms with Crippen molar-refractivity contribution in [1.82, 2.24) is 20.1 Å². The number of aryl methyl sites for hydroxylation is 1. The lowest BCUT2D eigenvalue weighted by Gasteiger charge is -2.14. The number of nitrogens with zero attached hydrogens (tertiary/aromatic N) is 3. The van der Waals surface area contributed by atoms with E-state index >= 15 is 0 Å². The van der Waals surface area contributed by atoms with Gasteiger partial charge in [-0.25, -0.2) is 9.67 Å². The molecule has 0 spiro atoms. The second kappa shape index (κ2) is 6.54. The van der Waals surface area contributed by atoms with Crippen molar-refractivity contribution in [1.29, 1.82) is 0 Å². The van der Waals surface area contributed by atoms with Gasteiger partial charge >= 0.3 is 0 Å². The van der Waals surface area contributed by atoms with Crippen LogP contribution in [0.25, 0.3) is 0 Å². The fourth-order valence-electron chi connectivity index (χ4n) is 1.77. The Morgan fingerprint density at radius 2 is 2.26 bits per heavy atom. The second-order valence-corrected chi connectivity index (χ2v) is 6.10. The summed E-state index contributed by atoms with van der Waals surface area (Å²) >= 11 is 5.23. The van der Waals surface area contributed by atoms with Crippen molar-refractivity contribution in [2.24, 2.45) is 7.05 Å². The number of benzene rings is 1. The number of aromatic nitrogens is 3. The first-order chi connectivity index (χ1) is 9.11. The Morgan fingerprint density at radius 1 is 1.47 bits per heavy atom. The highest BCUT2D eigenvalue weighted by atomic mass is 79.9. The van der Waals surface area contributed by atoms with Crippen molar-refractivity contribution in [3.05, 3.63) is 34.6 Å². The SMILES string of the molecule is CCNC(C)c1ccc(Sc2ncnn2C)c(Br)c1. The lowest BCUT2D eigenvalue weighted by Crippen LogP contribution is -2.17. The quantitative estimate of drug-likeness (QED) is 0.905. The molecule has 1 aromatic heterocycles. The third kappa shape index (κ3) is 3.58. The van der Waals surface area contributed by atoms with Gasteiger partial charge in [-0.3, -0.25) is 0 Å². The van der Waals surface area contributed by atoms with E-state index < -0.39 is 0 Å². The number of halogens is 1. The highest BCUT2D eigenvalue weighted by Crippen LogP contribution is 2.33. The summed E-state index contributed by atoms with van der Waals surface area (Å²) in [6.45, 7) is 5.25. The minimum atomic E-state index is 0.357. The molecular formula is C13H17BrN4S. The molecule has 0 aliphatic carbocycles. The highest BCUT2D eigenvalue weighted by molar-refractivity contribution is 9.10. The maximum absolute atomic E-state index is 4.22. The molecule has 4 nitrogen and oxygen atoms in total. The van der Waals surface area contributed by atoms with Gasteiger partial charge in [0.1, 0.15) is 6.33 Å². The lowest BCUT2D eigenvalue weighted by molar-refractivity contribution is 0.597. The molecule has 2 rings (SSSR count). The molecule has 19 heavy (non-hydrogen) atoms. The van der Waals surface area contributed by atoms with Gasteiger partial charge in [0.2, 0.25) is 0 Å². The van der Waals surface area contributed by atoms with E-state index in [1.54, 1.807) is 22.8 Å². The Hall–Kier alpha value is -0.850.